The molecule has 3 rings (SSSR count). The molecule has 29 heavy (non-hydrogen) atoms. The van der Waals surface area contributed by atoms with E-state index in [0.29, 0.717) is 5.92 Å². The second-order valence-electron chi connectivity index (χ2n) is 7.79. The molecule has 1 N–H and O–H groups in total. The number of aromatic nitrogens is 2. The average Bonchev–Trinajstić information content (AvgIpc) is 2.94. The maximum Gasteiger partial charge on any atom is 0.248 e. The summed E-state index contributed by atoms with van der Waals surface area (Å²) in [6.07, 6.45) is 4.24. The van der Waals surface area contributed by atoms with Crippen molar-refractivity contribution in [2.24, 2.45) is 7.05 Å². The van der Waals surface area contributed by atoms with Crippen molar-refractivity contribution in [1.29, 1.82) is 0 Å². The number of nitrogens with one attached hydrogen (secondary N) is 1. The van der Waals surface area contributed by atoms with Crippen molar-refractivity contribution in [2.45, 2.75) is 40.0 Å². The van der Waals surface area contributed by atoms with E-state index in [1.54, 1.807) is 6.08 Å². The fourth-order valence-corrected chi connectivity index (χ4v) is 3.33. The van der Waals surface area contributed by atoms with Crippen LogP contribution in [0, 0.1) is 13.8 Å². The van der Waals surface area contributed by atoms with Gasteiger partial charge in [-0.1, -0.05) is 50.2 Å². The molecule has 3 aromatic rings. The van der Waals surface area contributed by atoms with Gasteiger partial charge in [-0.15, -0.1) is 0 Å². The van der Waals surface area contributed by atoms with E-state index >= 15 is 0 Å². The van der Waals surface area contributed by atoms with Crippen LogP contribution in [0.25, 0.3) is 6.08 Å². The molecule has 1 aromatic heterocycles. The van der Waals surface area contributed by atoms with Gasteiger partial charge in [0.05, 0.1) is 5.69 Å². The number of rotatable bonds is 6. The van der Waals surface area contributed by atoms with Crippen LogP contribution in [0.5, 0.6) is 0 Å². The maximum atomic E-state index is 12.2. The predicted molar refractivity (Wildman–Crippen MR) is 120 cm³/mol. The van der Waals surface area contributed by atoms with Crippen molar-refractivity contribution < 1.29 is 4.79 Å². The van der Waals surface area contributed by atoms with E-state index in [0.717, 1.165) is 23.4 Å². The standard InChI is InChI=1S/C25H29N3O/c1-17(2)22-11-6-20(7-12-22)10-15-25(29)26-23-13-8-21(9-14-23)16-24-18(3)27-28(5)19(24)4/h6-15,17H,16H2,1-5H3,(H,26,29)/b15-10+. The van der Waals surface area contributed by atoms with Crippen LogP contribution in [-0.4, -0.2) is 15.7 Å². The number of carbonyl (C=O) groups is 1. The Bertz CT molecular complexity index is 1010. The number of hydrogen-bond acceptors (Lipinski definition) is 2. The first-order chi connectivity index (χ1) is 13.8. The van der Waals surface area contributed by atoms with E-state index in [9.17, 15) is 4.79 Å². The number of anilines is 1. The molecule has 0 aliphatic heterocycles. The smallest absolute Gasteiger partial charge is 0.248 e. The van der Waals surface area contributed by atoms with Crippen molar-refractivity contribution in [3.63, 3.8) is 0 Å². The quantitative estimate of drug-likeness (QED) is 0.575. The van der Waals surface area contributed by atoms with E-state index < -0.39 is 0 Å². The number of carbonyl (C=O) groups excluding carboxylic acids is 1. The van der Waals surface area contributed by atoms with Gasteiger partial charge in [0.1, 0.15) is 0 Å². The lowest BCUT2D eigenvalue weighted by Gasteiger charge is -2.06. The van der Waals surface area contributed by atoms with Crippen LogP contribution in [-0.2, 0) is 18.3 Å². The Balaban J connectivity index is 1.59. The Morgan fingerprint density at radius 3 is 2.28 bits per heavy atom. The number of hydrogen-bond donors (Lipinski definition) is 1. The van der Waals surface area contributed by atoms with Gasteiger partial charge in [0.25, 0.3) is 0 Å². The van der Waals surface area contributed by atoms with Gasteiger partial charge in [0.2, 0.25) is 5.91 Å². The fourth-order valence-electron chi connectivity index (χ4n) is 3.33. The normalized spacial score (nSPS) is 11.4. The Hall–Kier alpha value is -3.14. The van der Waals surface area contributed by atoms with Crippen molar-refractivity contribution in [2.75, 3.05) is 5.32 Å². The average molecular weight is 388 g/mol. The minimum absolute atomic E-state index is 0.135. The van der Waals surface area contributed by atoms with Gasteiger partial charge in [-0.3, -0.25) is 9.48 Å². The molecule has 0 unspecified atom stereocenters. The minimum atomic E-state index is -0.135. The second-order valence-corrected chi connectivity index (χ2v) is 7.79. The lowest BCUT2D eigenvalue weighted by molar-refractivity contribution is -0.111. The van der Waals surface area contributed by atoms with Crippen LogP contribution in [0.4, 0.5) is 5.69 Å². The van der Waals surface area contributed by atoms with Crippen molar-refractivity contribution in [3.05, 3.63) is 88.2 Å². The monoisotopic (exact) mass is 387 g/mol. The molecular formula is C25H29N3O. The summed E-state index contributed by atoms with van der Waals surface area (Å²) in [5.74, 6) is 0.370. The van der Waals surface area contributed by atoms with E-state index in [-0.39, 0.29) is 5.91 Å². The van der Waals surface area contributed by atoms with Crippen LogP contribution in [0.3, 0.4) is 0 Å². The first-order valence-electron chi connectivity index (χ1n) is 10.0. The first-order valence-corrected chi connectivity index (χ1v) is 10.0. The van der Waals surface area contributed by atoms with Crippen molar-refractivity contribution in [3.8, 4) is 0 Å². The van der Waals surface area contributed by atoms with Gasteiger partial charge in [-0.25, -0.2) is 0 Å². The molecule has 0 saturated heterocycles. The van der Waals surface area contributed by atoms with Crippen LogP contribution in [0.15, 0.2) is 54.6 Å². The summed E-state index contributed by atoms with van der Waals surface area (Å²) in [5.41, 5.74) is 7.81. The third-order valence-corrected chi connectivity index (χ3v) is 5.29. The highest BCUT2D eigenvalue weighted by Crippen LogP contribution is 2.19. The highest BCUT2D eigenvalue weighted by atomic mass is 16.1. The highest BCUT2D eigenvalue weighted by Gasteiger charge is 2.10. The summed E-state index contributed by atoms with van der Waals surface area (Å²) < 4.78 is 1.92. The molecule has 1 heterocycles. The summed E-state index contributed by atoms with van der Waals surface area (Å²) in [6.45, 7) is 8.47. The summed E-state index contributed by atoms with van der Waals surface area (Å²) in [5, 5.41) is 7.39. The zero-order chi connectivity index (χ0) is 21.0. The Morgan fingerprint density at radius 1 is 1.07 bits per heavy atom. The molecule has 0 radical (unpaired) electrons. The van der Waals surface area contributed by atoms with E-state index in [4.69, 9.17) is 0 Å². The molecular weight excluding hydrogens is 358 g/mol. The minimum Gasteiger partial charge on any atom is -0.323 e. The zero-order valence-electron chi connectivity index (χ0n) is 17.9. The van der Waals surface area contributed by atoms with Crippen molar-refractivity contribution >= 4 is 17.7 Å². The number of amides is 1. The Morgan fingerprint density at radius 2 is 1.72 bits per heavy atom. The van der Waals surface area contributed by atoms with Gasteiger partial charge < -0.3 is 5.32 Å². The van der Waals surface area contributed by atoms with Crippen LogP contribution in [0.2, 0.25) is 0 Å². The number of nitrogens with zero attached hydrogens (tertiary/aromatic N) is 2. The first kappa shape index (κ1) is 20.6. The largest absolute Gasteiger partial charge is 0.323 e. The third-order valence-electron chi connectivity index (χ3n) is 5.29. The Labute approximate surface area is 173 Å². The molecule has 4 nitrogen and oxygen atoms in total. The summed E-state index contributed by atoms with van der Waals surface area (Å²) in [6, 6.07) is 16.3. The fraction of sp³-hybridized carbons (Fsp3) is 0.280. The van der Waals surface area contributed by atoms with E-state index in [1.807, 2.05) is 49.0 Å². The number of aryl methyl sites for hydroxylation is 2. The SMILES string of the molecule is Cc1nn(C)c(C)c1Cc1ccc(NC(=O)/C=C/c2ccc(C(C)C)cc2)cc1. The summed E-state index contributed by atoms with van der Waals surface area (Å²) in [7, 11) is 1.97. The van der Waals surface area contributed by atoms with Crippen molar-refractivity contribution in [1.82, 2.24) is 9.78 Å². The molecule has 4 heteroatoms. The Kier molecular flexibility index (Phi) is 6.32. The molecule has 0 atom stereocenters. The highest BCUT2D eigenvalue weighted by molar-refractivity contribution is 6.01. The molecule has 150 valence electrons. The molecule has 0 aliphatic carbocycles. The zero-order valence-corrected chi connectivity index (χ0v) is 17.9. The van der Waals surface area contributed by atoms with Gasteiger partial charge in [-0.05, 0) is 54.7 Å². The van der Waals surface area contributed by atoms with Crippen LogP contribution >= 0.6 is 0 Å². The van der Waals surface area contributed by atoms with Gasteiger partial charge in [0, 0.05) is 36.5 Å². The van der Waals surface area contributed by atoms with Crippen LogP contribution in [0.1, 0.15) is 53.4 Å². The number of benzene rings is 2. The summed E-state index contributed by atoms with van der Waals surface area (Å²) >= 11 is 0. The molecule has 0 saturated carbocycles. The van der Waals surface area contributed by atoms with E-state index in [2.05, 4.69) is 55.5 Å². The molecule has 0 bridgehead atoms. The lowest BCUT2D eigenvalue weighted by Crippen LogP contribution is -2.07. The van der Waals surface area contributed by atoms with E-state index in [1.165, 1.54) is 22.4 Å². The van der Waals surface area contributed by atoms with Gasteiger partial charge in [-0.2, -0.15) is 5.10 Å². The summed E-state index contributed by atoms with van der Waals surface area (Å²) in [4.78, 5) is 12.2. The maximum absolute atomic E-state index is 12.2. The second kappa shape index (κ2) is 8.91. The van der Waals surface area contributed by atoms with Gasteiger partial charge in [0.15, 0.2) is 0 Å². The molecule has 0 fully saturated rings. The topological polar surface area (TPSA) is 46.9 Å². The molecule has 1 amide bonds. The van der Waals surface area contributed by atoms with Crippen LogP contribution < -0.4 is 5.32 Å². The third kappa shape index (κ3) is 5.23. The molecule has 2 aromatic carbocycles. The molecule has 0 spiro atoms. The molecule has 0 aliphatic rings. The van der Waals surface area contributed by atoms with Gasteiger partial charge >= 0.3 is 0 Å². The predicted octanol–water partition coefficient (Wildman–Crippen LogP) is 5.40. The lowest BCUT2D eigenvalue weighted by atomic mass is 10.0.